The summed E-state index contributed by atoms with van der Waals surface area (Å²) in [6.45, 7) is 2.72. The maximum atomic E-state index is 13.4. The molecule has 0 radical (unpaired) electrons. The average molecular weight is 538 g/mol. The lowest BCUT2D eigenvalue weighted by molar-refractivity contribution is -0.137. The van der Waals surface area contributed by atoms with E-state index < -0.39 is 11.7 Å². The van der Waals surface area contributed by atoms with E-state index in [1.54, 1.807) is 0 Å². The number of rotatable bonds is 3. The van der Waals surface area contributed by atoms with E-state index in [2.05, 4.69) is 4.98 Å². The predicted octanol–water partition coefficient (Wildman–Crippen LogP) is 6.84. The molecular formula is C30H46F3N3O2. The number of aliphatic hydroxyl groups is 1. The number of halogens is 3. The molecule has 1 aliphatic carbocycles. The number of aliphatic hydroxyl groups excluding tert-OH is 1. The van der Waals surface area contributed by atoms with Gasteiger partial charge >= 0.3 is 6.18 Å². The second-order valence-electron chi connectivity index (χ2n) is 12.1. The van der Waals surface area contributed by atoms with Gasteiger partial charge in [-0.25, -0.2) is 4.98 Å². The first-order valence-electron chi connectivity index (χ1n) is 15.0. The Bertz CT molecular complexity index is 881. The molecule has 4 unspecified atom stereocenters. The van der Waals surface area contributed by atoms with E-state index in [0.29, 0.717) is 31.2 Å². The van der Waals surface area contributed by atoms with E-state index in [-0.39, 0.29) is 17.9 Å². The lowest BCUT2D eigenvalue weighted by atomic mass is 9.93. The lowest BCUT2D eigenvalue weighted by Crippen LogP contribution is -2.40. The Hall–Kier alpha value is -1.83. The van der Waals surface area contributed by atoms with Crippen molar-refractivity contribution in [3.8, 4) is 0 Å². The van der Waals surface area contributed by atoms with Crippen LogP contribution in [0.4, 0.5) is 19.0 Å². The number of piperidine rings is 1. The third-order valence-electron chi connectivity index (χ3n) is 8.99. The largest absolute Gasteiger partial charge is 0.416 e. The maximum Gasteiger partial charge on any atom is 0.416 e. The molecule has 0 spiro atoms. The molecular weight excluding hydrogens is 491 g/mol. The van der Waals surface area contributed by atoms with Crippen LogP contribution in [0.1, 0.15) is 102 Å². The fourth-order valence-electron chi connectivity index (χ4n) is 6.87. The highest BCUT2D eigenvalue weighted by Gasteiger charge is 2.32. The Morgan fingerprint density at radius 3 is 2.45 bits per heavy atom. The summed E-state index contributed by atoms with van der Waals surface area (Å²) in [6.07, 6.45) is 12.2. The van der Waals surface area contributed by atoms with E-state index in [4.69, 9.17) is 0 Å². The summed E-state index contributed by atoms with van der Waals surface area (Å²) >= 11 is 0. The van der Waals surface area contributed by atoms with Crippen molar-refractivity contribution in [2.24, 2.45) is 17.8 Å². The summed E-state index contributed by atoms with van der Waals surface area (Å²) < 4.78 is 39.5. The van der Waals surface area contributed by atoms with Crippen LogP contribution in [0.15, 0.2) is 18.3 Å². The fourth-order valence-corrected chi connectivity index (χ4v) is 6.87. The first-order chi connectivity index (χ1) is 18.3. The molecule has 1 saturated carbocycles. The molecule has 1 N–H and O–H groups in total. The molecule has 1 amide bonds. The molecule has 214 valence electrons. The Balaban J connectivity index is 1.30. The van der Waals surface area contributed by atoms with E-state index in [1.807, 2.05) is 9.80 Å². The molecule has 3 fully saturated rings. The van der Waals surface area contributed by atoms with E-state index in [9.17, 15) is 23.1 Å². The van der Waals surface area contributed by atoms with E-state index in [1.165, 1.54) is 44.7 Å². The van der Waals surface area contributed by atoms with Crippen LogP contribution in [-0.4, -0.2) is 53.2 Å². The van der Waals surface area contributed by atoms with Crippen molar-refractivity contribution in [2.75, 3.05) is 31.1 Å². The molecule has 3 heterocycles. The van der Waals surface area contributed by atoms with Crippen molar-refractivity contribution in [2.45, 2.75) is 109 Å². The summed E-state index contributed by atoms with van der Waals surface area (Å²) in [4.78, 5) is 21.5. The topological polar surface area (TPSA) is 56.7 Å². The Morgan fingerprint density at radius 2 is 1.63 bits per heavy atom. The van der Waals surface area contributed by atoms with Crippen LogP contribution in [0.3, 0.4) is 0 Å². The van der Waals surface area contributed by atoms with Crippen LogP contribution in [0, 0.1) is 17.8 Å². The maximum absolute atomic E-state index is 13.4. The van der Waals surface area contributed by atoms with Gasteiger partial charge in [0.15, 0.2) is 0 Å². The first kappa shape index (κ1) is 29.2. The third-order valence-corrected chi connectivity index (χ3v) is 8.99. The molecule has 38 heavy (non-hydrogen) atoms. The highest BCUT2D eigenvalue weighted by Crippen LogP contribution is 2.37. The molecule has 0 aromatic carbocycles. The number of carbonyl (C=O) groups excluding carboxylic acids is 1. The van der Waals surface area contributed by atoms with Crippen LogP contribution >= 0.6 is 0 Å². The summed E-state index contributed by atoms with van der Waals surface area (Å²) in [5, 5.41) is 10.6. The number of hydrogen-bond donors (Lipinski definition) is 1. The number of anilines is 1. The van der Waals surface area contributed by atoms with Crippen molar-refractivity contribution < 1.29 is 23.1 Å². The van der Waals surface area contributed by atoms with Gasteiger partial charge in [0.05, 0.1) is 11.7 Å². The summed E-state index contributed by atoms with van der Waals surface area (Å²) in [5.41, 5.74) is -0.685. The summed E-state index contributed by atoms with van der Waals surface area (Å²) in [7, 11) is 0. The van der Waals surface area contributed by atoms with Crippen molar-refractivity contribution in [1.82, 2.24) is 9.88 Å². The molecule has 8 heteroatoms. The number of amides is 1. The molecule has 5 nitrogen and oxygen atoms in total. The Kier molecular flexibility index (Phi) is 10.7. The zero-order valence-corrected chi connectivity index (χ0v) is 22.8. The van der Waals surface area contributed by atoms with Gasteiger partial charge in [-0.15, -0.1) is 0 Å². The highest BCUT2D eigenvalue weighted by atomic mass is 19.4. The molecule has 1 aromatic rings. The standard InChI is InChI=1S/C30H46F3N3O2/c31-30(32,33)26-13-14-34-28(21-26)36-17-7-9-25(22-36)20-29(38)35-15-5-2-1-3-8-23-11-12-24(18-23)19-27(37)10-4-6-16-35/h13-14,21,23-25,27,37H,1-12,15-20,22H2. The fraction of sp³-hybridized carbons (Fsp3) is 0.800. The highest BCUT2D eigenvalue weighted by molar-refractivity contribution is 5.76. The van der Waals surface area contributed by atoms with Crippen LogP contribution < -0.4 is 4.90 Å². The molecule has 2 bridgehead atoms. The van der Waals surface area contributed by atoms with Gasteiger partial charge < -0.3 is 14.9 Å². The minimum absolute atomic E-state index is 0.116. The quantitative estimate of drug-likeness (QED) is 0.459. The number of nitrogens with zero attached hydrogens (tertiary/aromatic N) is 3. The second kappa shape index (κ2) is 14.0. The molecule has 1 aromatic heterocycles. The number of aromatic nitrogens is 1. The van der Waals surface area contributed by atoms with Gasteiger partial charge in [-0.2, -0.15) is 13.2 Å². The minimum atomic E-state index is -4.39. The van der Waals surface area contributed by atoms with Crippen LogP contribution in [0.5, 0.6) is 0 Å². The number of pyridine rings is 1. The number of carbonyl (C=O) groups is 1. The van der Waals surface area contributed by atoms with Crippen molar-refractivity contribution in [1.29, 1.82) is 0 Å². The van der Waals surface area contributed by atoms with E-state index in [0.717, 1.165) is 82.5 Å². The van der Waals surface area contributed by atoms with Crippen molar-refractivity contribution in [3.63, 3.8) is 0 Å². The zero-order valence-electron chi connectivity index (χ0n) is 22.8. The molecule has 2 aliphatic heterocycles. The van der Waals surface area contributed by atoms with Gasteiger partial charge in [-0.3, -0.25) is 4.79 Å². The van der Waals surface area contributed by atoms with Gasteiger partial charge in [-0.05, 0) is 81.3 Å². The summed E-state index contributed by atoms with van der Waals surface area (Å²) in [5.74, 6) is 2.13. The SMILES string of the molecule is O=C(CC1CCCN(c2cc(C(F)(F)F)ccn2)C1)N1CCCCCCC2CCC(CC(O)CCCC1)C2. The lowest BCUT2D eigenvalue weighted by Gasteiger charge is -2.34. The van der Waals surface area contributed by atoms with Gasteiger partial charge in [0.25, 0.3) is 0 Å². The van der Waals surface area contributed by atoms with Crippen molar-refractivity contribution in [3.05, 3.63) is 23.9 Å². The van der Waals surface area contributed by atoms with Crippen LogP contribution in [-0.2, 0) is 11.0 Å². The van der Waals surface area contributed by atoms with Gasteiger partial charge in [0, 0.05) is 38.8 Å². The summed E-state index contributed by atoms with van der Waals surface area (Å²) in [6, 6.07) is 2.12. The number of hydrogen-bond acceptors (Lipinski definition) is 4. The monoisotopic (exact) mass is 537 g/mol. The molecule has 2 saturated heterocycles. The zero-order chi connectivity index (χ0) is 27.0. The second-order valence-corrected chi connectivity index (χ2v) is 12.1. The number of alkyl halides is 3. The molecule has 4 rings (SSSR count). The van der Waals surface area contributed by atoms with Crippen LogP contribution in [0.2, 0.25) is 0 Å². The Morgan fingerprint density at radius 1 is 0.895 bits per heavy atom. The first-order valence-corrected chi connectivity index (χ1v) is 15.0. The third kappa shape index (κ3) is 8.85. The molecule has 4 atom stereocenters. The minimum Gasteiger partial charge on any atom is -0.393 e. The van der Waals surface area contributed by atoms with Crippen LogP contribution in [0.25, 0.3) is 0 Å². The van der Waals surface area contributed by atoms with Gasteiger partial charge in [-0.1, -0.05) is 38.5 Å². The van der Waals surface area contributed by atoms with E-state index >= 15 is 0 Å². The smallest absolute Gasteiger partial charge is 0.393 e. The average Bonchev–Trinajstić information content (AvgIpc) is 3.33. The van der Waals surface area contributed by atoms with Gasteiger partial charge in [0.1, 0.15) is 5.82 Å². The number of fused-ring (bicyclic) bond motifs is 2. The normalized spacial score (nSPS) is 28.8. The predicted molar refractivity (Wildman–Crippen MR) is 144 cm³/mol. The Labute approximate surface area is 226 Å². The van der Waals surface area contributed by atoms with Gasteiger partial charge in [0.2, 0.25) is 5.91 Å². The molecule has 3 aliphatic rings. The van der Waals surface area contributed by atoms with Crippen molar-refractivity contribution >= 4 is 11.7 Å².